The minimum absolute atomic E-state index is 0.0816. The van der Waals surface area contributed by atoms with Gasteiger partial charge in [-0.15, -0.1) is 11.8 Å². The Hall–Kier alpha value is -2.14. The molecule has 0 radical (unpaired) electrons. The molecule has 164 valence electrons. The van der Waals surface area contributed by atoms with Crippen molar-refractivity contribution < 1.29 is 28.3 Å². The standard InChI is InChI=1S/C20H26N2O6S2/c1-3-4-13-28-16-8-10-17(11-9-16)30(26,27)14-20(24,18-7-5-6-12-21-18)19(23)22(25)15-29-2/h5-12,24-25H,3-4,13-15H2,1-2H3. The zero-order valence-corrected chi connectivity index (χ0v) is 18.5. The van der Waals surface area contributed by atoms with E-state index in [4.69, 9.17) is 4.74 Å². The number of hydroxylamine groups is 2. The maximum absolute atomic E-state index is 13.0. The largest absolute Gasteiger partial charge is 0.494 e. The summed E-state index contributed by atoms with van der Waals surface area (Å²) in [6.07, 6.45) is 4.84. The van der Waals surface area contributed by atoms with Gasteiger partial charge in [0.2, 0.25) is 5.60 Å². The number of carbonyl (C=O) groups is 1. The number of unbranched alkanes of at least 4 members (excludes halogenated alkanes) is 1. The molecule has 0 aliphatic carbocycles. The summed E-state index contributed by atoms with van der Waals surface area (Å²) in [6, 6.07) is 10.2. The number of ether oxygens (including phenoxy) is 1. The van der Waals surface area contributed by atoms with E-state index in [-0.39, 0.29) is 16.5 Å². The molecule has 1 aromatic heterocycles. The summed E-state index contributed by atoms with van der Waals surface area (Å²) in [5, 5.41) is 21.4. The Morgan fingerprint density at radius 3 is 2.50 bits per heavy atom. The van der Waals surface area contributed by atoms with Crippen LogP contribution in [0.25, 0.3) is 0 Å². The van der Waals surface area contributed by atoms with Crippen molar-refractivity contribution in [2.75, 3.05) is 24.5 Å². The first kappa shape index (κ1) is 24.1. The number of aromatic nitrogens is 1. The molecule has 1 heterocycles. The van der Waals surface area contributed by atoms with Crippen molar-refractivity contribution in [2.24, 2.45) is 0 Å². The highest BCUT2D eigenvalue weighted by Gasteiger charge is 2.46. The lowest BCUT2D eigenvalue weighted by Gasteiger charge is -2.29. The summed E-state index contributed by atoms with van der Waals surface area (Å²) in [5.41, 5.74) is -2.72. The molecule has 0 aliphatic rings. The molecule has 0 fully saturated rings. The van der Waals surface area contributed by atoms with Crippen LogP contribution in [0.1, 0.15) is 25.5 Å². The number of amides is 1. The van der Waals surface area contributed by atoms with E-state index in [0.717, 1.165) is 24.6 Å². The van der Waals surface area contributed by atoms with Crippen LogP contribution >= 0.6 is 11.8 Å². The van der Waals surface area contributed by atoms with E-state index in [1.807, 2.05) is 6.92 Å². The molecule has 1 amide bonds. The second-order valence-corrected chi connectivity index (χ2v) is 9.46. The third kappa shape index (κ3) is 5.94. The van der Waals surface area contributed by atoms with Gasteiger partial charge in [0.1, 0.15) is 5.75 Å². The molecule has 0 saturated carbocycles. The maximum atomic E-state index is 13.0. The molecule has 8 nitrogen and oxygen atoms in total. The topological polar surface area (TPSA) is 117 Å². The van der Waals surface area contributed by atoms with Gasteiger partial charge in [0.15, 0.2) is 9.84 Å². The number of nitrogens with zero attached hydrogens (tertiary/aromatic N) is 2. The quantitative estimate of drug-likeness (QED) is 0.230. The van der Waals surface area contributed by atoms with Gasteiger partial charge >= 0.3 is 0 Å². The van der Waals surface area contributed by atoms with Crippen molar-refractivity contribution in [1.82, 2.24) is 10.0 Å². The van der Waals surface area contributed by atoms with Crippen LogP contribution in [0, 0.1) is 0 Å². The van der Waals surface area contributed by atoms with E-state index in [2.05, 4.69) is 4.98 Å². The number of hydrogen-bond acceptors (Lipinski definition) is 8. The molecule has 2 aromatic rings. The minimum Gasteiger partial charge on any atom is -0.494 e. The van der Waals surface area contributed by atoms with Gasteiger partial charge in [-0.2, -0.15) is 0 Å². The van der Waals surface area contributed by atoms with Crippen LogP contribution in [-0.2, 0) is 20.2 Å². The molecule has 0 aliphatic heterocycles. The highest BCUT2D eigenvalue weighted by molar-refractivity contribution is 7.98. The number of pyridine rings is 1. The highest BCUT2D eigenvalue weighted by Crippen LogP contribution is 2.28. The maximum Gasteiger partial charge on any atom is 0.286 e. The van der Waals surface area contributed by atoms with Crippen LogP contribution in [0.15, 0.2) is 53.6 Å². The van der Waals surface area contributed by atoms with Gasteiger partial charge in [0.25, 0.3) is 5.91 Å². The van der Waals surface area contributed by atoms with Crippen molar-refractivity contribution in [3.63, 3.8) is 0 Å². The summed E-state index contributed by atoms with van der Waals surface area (Å²) in [7, 11) is -4.11. The Balaban J connectivity index is 2.33. The number of carbonyl (C=O) groups excluding carboxylic acids is 1. The van der Waals surface area contributed by atoms with Gasteiger partial charge in [0.05, 0.1) is 28.8 Å². The van der Waals surface area contributed by atoms with Gasteiger partial charge in [-0.1, -0.05) is 19.4 Å². The summed E-state index contributed by atoms with van der Waals surface area (Å²) < 4.78 is 31.5. The Bertz CT molecular complexity index is 922. The number of aliphatic hydroxyl groups is 1. The summed E-state index contributed by atoms with van der Waals surface area (Å²) >= 11 is 1.13. The normalized spacial score (nSPS) is 13.5. The Morgan fingerprint density at radius 2 is 1.93 bits per heavy atom. The molecule has 2 N–H and O–H groups in total. The number of hydrogen-bond donors (Lipinski definition) is 2. The first-order valence-corrected chi connectivity index (χ1v) is 12.4. The van der Waals surface area contributed by atoms with Crippen LogP contribution in [0.5, 0.6) is 5.75 Å². The molecule has 10 heteroatoms. The highest BCUT2D eigenvalue weighted by atomic mass is 32.2. The molecule has 30 heavy (non-hydrogen) atoms. The van der Waals surface area contributed by atoms with E-state index in [1.165, 1.54) is 42.6 Å². The molecule has 0 spiro atoms. The minimum atomic E-state index is -4.11. The van der Waals surface area contributed by atoms with Crippen molar-refractivity contribution in [2.45, 2.75) is 30.3 Å². The number of thioether (sulfide) groups is 1. The summed E-state index contributed by atoms with van der Waals surface area (Å²) in [4.78, 5) is 16.6. The molecular weight excluding hydrogens is 428 g/mol. The first-order chi connectivity index (χ1) is 14.2. The fourth-order valence-electron chi connectivity index (χ4n) is 2.68. The molecule has 1 aromatic carbocycles. The Kier molecular flexibility index (Phi) is 8.65. The van der Waals surface area contributed by atoms with Gasteiger partial charge in [-0.25, -0.2) is 13.5 Å². The fraction of sp³-hybridized carbons (Fsp3) is 0.400. The average Bonchev–Trinajstić information content (AvgIpc) is 2.74. The van der Waals surface area contributed by atoms with Crippen LogP contribution in [-0.4, -0.2) is 59.2 Å². The van der Waals surface area contributed by atoms with Gasteiger partial charge in [-0.3, -0.25) is 15.0 Å². The summed E-state index contributed by atoms with van der Waals surface area (Å²) in [5.74, 6) is -1.76. The van der Waals surface area contributed by atoms with Gasteiger partial charge < -0.3 is 9.84 Å². The SMILES string of the molecule is CCCCOc1ccc(S(=O)(=O)CC(O)(C(=O)N(O)CSC)c2ccccn2)cc1. The van der Waals surface area contributed by atoms with Crippen LogP contribution in [0.4, 0.5) is 0 Å². The van der Waals surface area contributed by atoms with E-state index < -0.39 is 27.1 Å². The van der Waals surface area contributed by atoms with E-state index in [1.54, 1.807) is 12.3 Å². The third-order valence-electron chi connectivity index (χ3n) is 4.28. The van der Waals surface area contributed by atoms with Crippen molar-refractivity contribution in [1.29, 1.82) is 0 Å². The van der Waals surface area contributed by atoms with Crippen molar-refractivity contribution in [3.8, 4) is 5.75 Å². The van der Waals surface area contributed by atoms with Crippen LogP contribution in [0.2, 0.25) is 0 Å². The van der Waals surface area contributed by atoms with E-state index in [0.29, 0.717) is 17.4 Å². The smallest absolute Gasteiger partial charge is 0.286 e. The van der Waals surface area contributed by atoms with Crippen LogP contribution < -0.4 is 4.74 Å². The van der Waals surface area contributed by atoms with Gasteiger partial charge in [0, 0.05) is 6.20 Å². The number of benzene rings is 1. The molecule has 0 bridgehead atoms. The third-order valence-corrected chi connectivity index (χ3v) is 6.57. The second kappa shape index (κ2) is 10.8. The first-order valence-electron chi connectivity index (χ1n) is 9.34. The molecule has 0 saturated heterocycles. The lowest BCUT2D eigenvalue weighted by Crippen LogP contribution is -2.50. The number of rotatable bonds is 11. The second-order valence-electron chi connectivity index (χ2n) is 6.63. The predicted octanol–water partition coefficient (Wildman–Crippen LogP) is 2.46. The van der Waals surface area contributed by atoms with Crippen LogP contribution in [0.3, 0.4) is 0 Å². The molecule has 1 unspecified atom stereocenters. The Morgan fingerprint density at radius 1 is 1.23 bits per heavy atom. The summed E-state index contributed by atoms with van der Waals surface area (Å²) in [6.45, 7) is 2.56. The molecule has 2 rings (SSSR count). The molecular formula is C20H26N2O6S2. The monoisotopic (exact) mass is 454 g/mol. The van der Waals surface area contributed by atoms with Gasteiger partial charge in [-0.05, 0) is 49.1 Å². The average molecular weight is 455 g/mol. The van der Waals surface area contributed by atoms with Crippen molar-refractivity contribution >= 4 is 27.5 Å². The zero-order valence-electron chi connectivity index (χ0n) is 16.9. The lowest BCUT2D eigenvalue weighted by atomic mass is 10.0. The fourth-order valence-corrected chi connectivity index (χ4v) is 4.58. The lowest BCUT2D eigenvalue weighted by molar-refractivity contribution is -0.181. The van der Waals surface area contributed by atoms with E-state index in [9.17, 15) is 23.5 Å². The molecule has 1 atom stereocenters. The van der Waals surface area contributed by atoms with Crippen molar-refractivity contribution in [3.05, 3.63) is 54.4 Å². The Labute approximate surface area is 180 Å². The predicted molar refractivity (Wildman–Crippen MR) is 114 cm³/mol. The van der Waals surface area contributed by atoms with E-state index >= 15 is 0 Å². The number of sulfone groups is 1. The zero-order chi connectivity index (χ0) is 22.2.